The van der Waals surface area contributed by atoms with Gasteiger partial charge in [0.25, 0.3) is 0 Å². The summed E-state index contributed by atoms with van der Waals surface area (Å²) in [6.07, 6.45) is 3.24. The molecule has 5 heteroatoms. The van der Waals surface area contributed by atoms with E-state index in [9.17, 15) is 4.79 Å². The van der Waals surface area contributed by atoms with Gasteiger partial charge < -0.3 is 9.47 Å². The van der Waals surface area contributed by atoms with Crippen molar-refractivity contribution < 1.29 is 24.0 Å². The topological polar surface area (TPSA) is 54.0 Å². The van der Waals surface area contributed by atoms with E-state index in [-0.39, 0.29) is 17.8 Å². The molecule has 0 N–H and O–H groups in total. The lowest BCUT2D eigenvalue weighted by Gasteiger charge is -2.57. The van der Waals surface area contributed by atoms with E-state index in [0.717, 1.165) is 25.7 Å². The molecule has 7 atom stereocenters. The van der Waals surface area contributed by atoms with Crippen molar-refractivity contribution in [3.63, 3.8) is 0 Å². The molecule has 5 aliphatic rings. The molecular weight excluding hydrogens is 260 g/mol. The number of ether oxygens (including phenoxy) is 2. The second-order valence-corrected chi connectivity index (χ2v) is 7.14. The molecule has 0 aromatic heterocycles. The van der Waals surface area contributed by atoms with E-state index in [1.165, 1.54) is 0 Å². The molecule has 2 bridgehead atoms. The Morgan fingerprint density at radius 2 is 1.90 bits per heavy atom. The van der Waals surface area contributed by atoms with Crippen LogP contribution in [0, 0.1) is 23.7 Å². The van der Waals surface area contributed by atoms with Crippen LogP contribution in [0.25, 0.3) is 0 Å². The van der Waals surface area contributed by atoms with Crippen LogP contribution in [0.15, 0.2) is 0 Å². The molecule has 5 rings (SSSR count). The summed E-state index contributed by atoms with van der Waals surface area (Å²) in [5, 5.41) is 0. The Hall–Kier alpha value is -0.650. The Balaban J connectivity index is 1.84. The predicted molar refractivity (Wildman–Crippen MR) is 68.0 cm³/mol. The van der Waals surface area contributed by atoms with Crippen LogP contribution in [0.5, 0.6) is 0 Å². The Bertz CT molecular complexity index is 452. The number of rotatable bonds is 0. The monoisotopic (exact) mass is 282 g/mol. The summed E-state index contributed by atoms with van der Waals surface area (Å²) in [7, 11) is 0. The highest BCUT2D eigenvalue weighted by molar-refractivity contribution is 5.74. The zero-order chi connectivity index (χ0) is 14.1. The molecule has 1 spiro atoms. The van der Waals surface area contributed by atoms with Crippen LogP contribution in [0.3, 0.4) is 0 Å². The van der Waals surface area contributed by atoms with E-state index in [0.29, 0.717) is 11.8 Å². The molecule has 4 aliphatic heterocycles. The van der Waals surface area contributed by atoms with Gasteiger partial charge in [-0.3, -0.25) is 4.79 Å². The third-order valence-electron chi connectivity index (χ3n) is 5.97. The summed E-state index contributed by atoms with van der Waals surface area (Å²) in [5.74, 6) is -0.137. The lowest BCUT2D eigenvalue weighted by molar-refractivity contribution is -0.559. The highest BCUT2D eigenvalue weighted by Crippen LogP contribution is 2.59. The zero-order valence-electron chi connectivity index (χ0n) is 12.3. The molecular formula is C15H22O5. The van der Waals surface area contributed by atoms with Gasteiger partial charge in [-0.15, -0.1) is 0 Å². The molecule has 4 heterocycles. The molecule has 5 nitrogen and oxygen atoms in total. The molecule has 112 valence electrons. The number of esters is 1. The molecule has 5 fully saturated rings. The minimum Gasteiger partial charge on any atom is -0.432 e. The number of fused-ring (bicyclic) bond motifs is 2. The van der Waals surface area contributed by atoms with Gasteiger partial charge in [-0.05, 0) is 32.1 Å². The molecule has 0 aromatic rings. The highest BCUT2D eigenvalue weighted by atomic mass is 17.3. The normalized spacial score (nSPS) is 57.8. The smallest absolute Gasteiger partial charge is 0.311 e. The fraction of sp³-hybridized carbons (Fsp3) is 0.933. The maximum atomic E-state index is 12.1. The van der Waals surface area contributed by atoms with Gasteiger partial charge in [0, 0.05) is 18.3 Å². The predicted octanol–water partition coefficient (Wildman–Crippen LogP) is 2.39. The number of hydrogen-bond donors (Lipinski definition) is 0. The molecule has 1 aliphatic carbocycles. The lowest BCUT2D eigenvalue weighted by Crippen LogP contribution is -2.69. The summed E-state index contributed by atoms with van der Waals surface area (Å²) in [4.78, 5) is 23.7. The van der Waals surface area contributed by atoms with Crippen molar-refractivity contribution in [3.05, 3.63) is 0 Å². The molecule has 1 saturated carbocycles. The second kappa shape index (κ2) is 3.96. The summed E-state index contributed by atoms with van der Waals surface area (Å²) in [6, 6.07) is 0. The van der Waals surface area contributed by atoms with Gasteiger partial charge in [0.15, 0.2) is 5.60 Å². The van der Waals surface area contributed by atoms with Gasteiger partial charge in [0.2, 0.25) is 12.1 Å². The molecule has 0 aromatic carbocycles. The maximum absolute atomic E-state index is 12.1. The number of hydrogen-bond acceptors (Lipinski definition) is 5. The average molecular weight is 282 g/mol. The van der Waals surface area contributed by atoms with Crippen LogP contribution in [-0.4, -0.2) is 23.6 Å². The van der Waals surface area contributed by atoms with E-state index in [1.807, 2.05) is 13.8 Å². The van der Waals surface area contributed by atoms with E-state index >= 15 is 0 Å². The van der Waals surface area contributed by atoms with Crippen molar-refractivity contribution in [3.8, 4) is 0 Å². The highest BCUT2D eigenvalue weighted by Gasteiger charge is 2.69. The van der Waals surface area contributed by atoms with Crippen LogP contribution in [0.4, 0.5) is 0 Å². The van der Waals surface area contributed by atoms with Crippen molar-refractivity contribution in [1.29, 1.82) is 0 Å². The standard InChI is InChI=1S/C15H22O5/c1-8-4-5-11-9(2)12(16)17-13-15(11)10(8)6-7-14(3,18-13)19-20-15/h8-11,13H,4-7H2,1-3H3/t8-,9+,10+,11+,13-,14-,15-/m1/s1. The number of carbonyl (C=O) groups excluding carboxylic acids is 1. The Kier molecular flexibility index (Phi) is 2.58. The minimum atomic E-state index is -0.793. The van der Waals surface area contributed by atoms with Crippen LogP contribution in [0.1, 0.15) is 46.5 Å². The molecule has 20 heavy (non-hydrogen) atoms. The first-order valence-corrected chi connectivity index (χ1v) is 7.71. The quantitative estimate of drug-likeness (QED) is 0.504. The van der Waals surface area contributed by atoms with Gasteiger partial charge >= 0.3 is 5.97 Å². The third kappa shape index (κ3) is 1.46. The van der Waals surface area contributed by atoms with Crippen molar-refractivity contribution in [2.24, 2.45) is 23.7 Å². The summed E-state index contributed by atoms with van der Waals surface area (Å²) >= 11 is 0. The van der Waals surface area contributed by atoms with Crippen molar-refractivity contribution in [2.75, 3.05) is 0 Å². The Morgan fingerprint density at radius 1 is 1.10 bits per heavy atom. The molecule has 0 unspecified atom stereocenters. The summed E-state index contributed by atoms with van der Waals surface area (Å²) < 4.78 is 11.6. The molecule has 0 radical (unpaired) electrons. The van der Waals surface area contributed by atoms with E-state index in [1.54, 1.807) is 0 Å². The van der Waals surface area contributed by atoms with Gasteiger partial charge in [0.1, 0.15) is 0 Å². The Labute approximate surface area is 118 Å². The summed E-state index contributed by atoms with van der Waals surface area (Å²) in [6.45, 7) is 6.06. The van der Waals surface area contributed by atoms with Crippen LogP contribution < -0.4 is 0 Å². The van der Waals surface area contributed by atoms with Gasteiger partial charge in [-0.2, -0.15) is 0 Å². The Morgan fingerprint density at radius 3 is 2.70 bits per heavy atom. The third-order valence-corrected chi connectivity index (χ3v) is 5.97. The maximum Gasteiger partial charge on any atom is 0.311 e. The van der Waals surface area contributed by atoms with Crippen LogP contribution in [0.2, 0.25) is 0 Å². The SMILES string of the molecule is C[C@@H]1CC[C@H]2[C@H](C)C(=O)O[C@@H]3O[C@@]4(C)CC[C@@H]1[C@]32OO4. The fourth-order valence-electron chi connectivity index (χ4n) is 4.76. The number of carbonyl (C=O) groups is 1. The van der Waals surface area contributed by atoms with Gasteiger partial charge in [-0.1, -0.05) is 13.8 Å². The van der Waals surface area contributed by atoms with E-state index < -0.39 is 17.7 Å². The second-order valence-electron chi connectivity index (χ2n) is 7.14. The van der Waals surface area contributed by atoms with E-state index in [2.05, 4.69) is 6.92 Å². The van der Waals surface area contributed by atoms with Crippen LogP contribution in [-0.2, 0) is 24.0 Å². The molecule has 0 amide bonds. The minimum absolute atomic E-state index is 0.123. The van der Waals surface area contributed by atoms with Crippen molar-refractivity contribution in [1.82, 2.24) is 0 Å². The van der Waals surface area contributed by atoms with E-state index in [4.69, 9.17) is 19.2 Å². The average Bonchev–Trinajstić information content (AvgIpc) is 2.63. The largest absolute Gasteiger partial charge is 0.432 e. The molecule has 4 saturated heterocycles. The van der Waals surface area contributed by atoms with Gasteiger partial charge in [0.05, 0.1) is 5.92 Å². The first-order valence-electron chi connectivity index (χ1n) is 7.71. The van der Waals surface area contributed by atoms with Crippen LogP contribution >= 0.6 is 0 Å². The lowest BCUT2D eigenvalue weighted by atomic mass is 9.58. The van der Waals surface area contributed by atoms with Crippen molar-refractivity contribution in [2.45, 2.75) is 64.1 Å². The summed E-state index contributed by atoms with van der Waals surface area (Å²) in [5.41, 5.74) is -0.610. The zero-order valence-corrected chi connectivity index (χ0v) is 12.3. The van der Waals surface area contributed by atoms with Gasteiger partial charge in [-0.25, -0.2) is 9.78 Å². The van der Waals surface area contributed by atoms with Crippen molar-refractivity contribution >= 4 is 5.97 Å². The first kappa shape index (κ1) is 13.0. The first-order chi connectivity index (χ1) is 9.46. The fourth-order valence-corrected chi connectivity index (χ4v) is 4.76.